The van der Waals surface area contributed by atoms with Gasteiger partial charge in [-0.05, 0) is 30.9 Å². The van der Waals surface area contributed by atoms with Gasteiger partial charge in [-0.2, -0.15) is 0 Å². The van der Waals surface area contributed by atoms with Gasteiger partial charge in [0, 0.05) is 38.5 Å². The van der Waals surface area contributed by atoms with E-state index in [9.17, 15) is 0 Å². The Balaban J connectivity index is 1.86. The quantitative estimate of drug-likeness (QED) is 0.373. The summed E-state index contributed by atoms with van der Waals surface area (Å²) in [5.74, 6) is 1.52. The van der Waals surface area contributed by atoms with Crippen molar-refractivity contribution < 1.29 is 9.47 Å². The number of benzene rings is 1. The van der Waals surface area contributed by atoms with E-state index in [1.807, 2.05) is 0 Å². The van der Waals surface area contributed by atoms with Crippen molar-refractivity contribution in [1.82, 2.24) is 10.6 Å². The summed E-state index contributed by atoms with van der Waals surface area (Å²) < 4.78 is 11.1. The molecule has 1 aromatic rings. The van der Waals surface area contributed by atoms with E-state index in [1.54, 1.807) is 0 Å². The van der Waals surface area contributed by atoms with Gasteiger partial charge in [-0.3, -0.25) is 0 Å². The molecule has 1 heterocycles. The second kappa shape index (κ2) is 12.6. The maximum absolute atomic E-state index is 5.67. The number of rotatable bonds is 10. The molecule has 6 nitrogen and oxygen atoms in total. The van der Waals surface area contributed by atoms with Crippen LogP contribution in [0.2, 0.25) is 0 Å². The molecule has 0 saturated carbocycles. The number of para-hydroxylation sites is 1. The summed E-state index contributed by atoms with van der Waals surface area (Å²) in [6, 6.07) is 8.51. The van der Waals surface area contributed by atoms with Gasteiger partial charge in [0.15, 0.2) is 5.96 Å². The van der Waals surface area contributed by atoms with Crippen molar-refractivity contribution in [3.8, 4) is 0 Å². The largest absolute Gasteiger partial charge is 0.380 e. The summed E-state index contributed by atoms with van der Waals surface area (Å²) in [5.41, 5.74) is 2.50. The minimum atomic E-state index is 0.650. The fourth-order valence-electron chi connectivity index (χ4n) is 2.93. The van der Waals surface area contributed by atoms with Gasteiger partial charge in [0.05, 0.1) is 26.4 Å². The second-order valence-electron chi connectivity index (χ2n) is 7.14. The molecule has 1 aliphatic heterocycles. The molecule has 1 aliphatic rings. The first kappa shape index (κ1) is 21.5. The lowest BCUT2D eigenvalue weighted by molar-refractivity contribution is 0.122. The van der Waals surface area contributed by atoms with Gasteiger partial charge in [0.1, 0.15) is 0 Å². The van der Waals surface area contributed by atoms with Crippen LogP contribution in [0.3, 0.4) is 0 Å². The molecule has 0 bridgehead atoms. The molecule has 27 heavy (non-hydrogen) atoms. The van der Waals surface area contributed by atoms with Crippen molar-refractivity contribution in [3.63, 3.8) is 0 Å². The molecule has 6 heteroatoms. The number of nitrogens with one attached hydrogen (secondary N) is 2. The average Bonchev–Trinajstić information content (AvgIpc) is 2.69. The molecule has 2 N–H and O–H groups in total. The normalized spacial score (nSPS) is 15.3. The minimum Gasteiger partial charge on any atom is -0.380 e. The Bertz CT molecular complexity index is 557. The van der Waals surface area contributed by atoms with Crippen LogP contribution >= 0.6 is 0 Å². The van der Waals surface area contributed by atoms with Crippen molar-refractivity contribution >= 4 is 11.6 Å². The number of ether oxygens (including phenoxy) is 2. The van der Waals surface area contributed by atoms with Crippen LogP contribution in [0.15, 0.2) is 29.3 Å². The van der Waals surface area contributed by atoms with Crippen molar-refractivity contribution in [2.45, 2.75) is 33.7 Å². The third-order valence-electron chi connectivity index (χ3n) is 4.47. The van der Waals surface area contributed by atoms with E-state index in [-0.39, 0.29) is 0 Å². The fourth-order valence-corrected chi connectivity index (χ4v) is 2.93. The molecule has 0 spiro atoms. The highest BCUT2D eigenvalue weighted by atomic mass is 16.5. The van der Waals surface area contributed by atoms with E-state index < -0.39 is 0 Å². The fraction of sp³-hybridized carbons (Fsp3) is 0.667. The molecule has 152 valence electrons. The first-order valence-electron chi connectivity index (χ1n) is 10.2. The van der Waals surface area contributed by atoms with Gasteiger partial charge in [0.25, 0.3) is 0 Å². The number of anilines is 1. The lowest BCUT2D eigenvalue weighted by atomic mass is 10.1. The number of morpholine rings is 1. The minimum absolute atomic E-state index is 0.650. The van der Waals surface area contributed by atoms with Gasteiger partial charge in [-0.1, -0.05) is 32.0 Å². The van der Waals surface area contributed by atoms with E-state index in [4.69, 9.17) is 14.5 Å². The molecule has 0 radical (unpaired) electrons. The van der Waals surface area contributed by atoms with E-state index in [2.05, 4.69) is 60.6 Å². The Morgan fingerprint density at radius 1 is 1.19 bits per heavy atom. The predicted octanol–water partition coefficient (Wildman–Crippen LogP) is 2.64. The van der Waals surface area contributed by atoms with Crippen molar-refractivity contribution in [2.75, 3.05) is 57.5 Å². The first-order chi connectivity index (χ1) is 13.2. The molecule has 0 amide bonds. The highest BCUT2D eigenvalue weighted by Crippen LogP contribution is 2.22. The first-order valence-corrected chi connectivity index (χ1v) is 10.2. The lowest BCUT2D eigenvalue weighted by Gasteiger charge is -2.30. The topological polar surface area (TPSA) is 58.1 Å². The Morgan fingerprint density at radius 2 is 1.96 bits per heavy atom. The van der Waals surface area contributed by atoms with Gasteiger partial charge in [-0.25, -0.2) is 4.99 Å². The zero-order valence-corrected chi connectivity index (χ0v) is 17.2. The summed E-state index contributed by atoms with van der Waals surface area (Å²) in [7, 11) is 0. The van der Waals surface area contributed by atoms with Crippen LogP contribution in [0.25, 0.3) is 0 Å². The van der Waals surface area contributed by atoms with Crippen molar-refractivity contribution in [3.05, 3.63) is 29.8 Å². The van der Waals surface area contributed by atoms with Crippen LogP contribution in [0.1, 0.15) is 32.8 Å². The van der Waals surface area contributed by atoms with Crippen LogP contribution in [-0.4, -0.2) is 58.6 Å². The average molecular weight is 377 g/mol. The van der Waals surface area contributed by atoms with Gasteiger partial charge < -0.3 is 25.0 Å². The van der Waals surface area contributed by atoms with E-state index in [0.717, 1.165) is 58.4 Å². The summed E-state index contributed by atoms with van der Waals surface area (Å²) in [6.07, 6.45) is 1.10. The van der Waals surface area contributed by atoms with Crippen LogP contribution in [0.4, 0.5) is 5.69 Å². The monoisotopic (exact) mass is 376 g/mol. The highest BCUT2D eigenvalue weighted by Gasteiger charge is 2.14. The zero-order chi connectivity index (χ0) is 19.3. The highest BCUT2D eigenvalue weighted by molar-refractivity contribution is 5.79. The van der Waals surface area contributed by atoms with Crippen molar-refractivity contribution in [1.29, 1.82) is 0 Å². The third kappa shape index (κ3) is 8.18. The number of aliphatic imine (C=N–C) groups is 1. The Labute approximate surface area is 164 Å². The molecule has 2 rings (SSSR count). The Kier molecular flexibility index (Phi) is 10.0. The number of guanidine groups is 1. The standard InChI is InChI=1S/C21H36N4O2/c1-4-22-21(23-10-14-26-13-9-18(2)3)24-17-19-7-5-6-8-20(19)25-11-15-27-16-12-25/h5-8,18H,4,9-17H2,1-3H3,(H2,22,23,24). The summed E-state index contributed by atoms with van der Waals surface area (Å²) >= 11 is 0. The Morgan fingerprint density at radius 3 is 2.70 bits per heavy atom. The van der Waals surface area contributed by atoms with Gasteiger partial charge in [-0.15, -0.1) is 0 Å². The molecule has 0 aromatic heterocycles. The summed E-state index contributed by atoms with van der Waals surface area (Å²) in [4.78, 5) is 7.15. The molecule has 0 unspecified atom stereocenters. The van der Waals surface area contributed by atoms with Crippen molar-refractivity contribution in [2.24, 2.45) is 10.9 Å². The maximum atomic E-state index is 5.67. The SMILES string of the molecule is CCNC(=NCc1ccccc1N1CCOCC1)NCCOCCC(C)C. The second-order valence-corrected chi connectivity index (χ2v) is 7.14. The van der Waals surface area contributed by atoms with Crippen LogP contribution in [0, 0.1) is 5.92 Å². The molecule has 0 atom stereocenters. The Hall–Kier alpha value is -1.79. The van der Waals surface area contributed by atoms with Gasteiger partial charge >= 0.3 is 0 Å². The molecule has 1 saturated heterocycles. The van der Waals surface area contributed by atoms with E-state index >= 15 is 0 Å². The smallest absolute Gasteiger partial charge is 0.191 e. The molecule has 0 aliphatic carbocycles. The van der Waals surface area contributed by atoms with E-state index in [0.29, 0.717) is 19.1 Å². The number of hydrogen-bond donors (Lipinski definition) is 2. The number of hydrogen-bond acceptors (Lipinski definition) is 4. The van der Waals surface area contributed by atoms with E-state index in [1.165, 1.54) is 11.3 Å². The molecular weight excluding hydrogens is 340 g/mol. The molecule has 1 aromatic carbocycles. The lowest BCUT2D eigenvalue weighted by Crippen LogP contribution is -2.39. The van der Waals surface area contributed by atoms with Crippen LogP contribution < -0.4 is 15.5 Å². The summed E-state index contributed by atoms with van der Waals surface area (Å²) in [6.45, 7) is 13.7. The third-order valence-corrected chi connectivity index (χ3v) is 4.47. The molecular formula is C21H36N4O2. The van der Waals surface area contributed by atoms with Crippen LogP contribution in [-0.2, 0) is 16.0 Å². The predicted molar refractivity (Wildman–Crippen MR) is 113 cm³/mol. The van der Waals surface area contributed by atoms with Crippen LogP contribution in [0.5, 0.6) is 0 Å². The summed E-state index contributed by atoms with van der Waals surface area (Å²) in [5, 5.41) is 6.67. The molecule has 1 fully saturated rings. The maximum Gasteiger partial charge on any atom is 0.191 e. The zero-order valence-electron chi connectivity index (χ0n) is 17.2. The van der Waals surface area contributed by atoms with Gasteiger partial charge in [0.2, 0.25) is 0 Å². The number of nitrogens with zero attached hydrogens (tertiary/aromatic N) is 2.